The molecule has 1 aromatic carbocycles. The fourth-order valence-corrected chi connectivity index (χ4v) is 2.68. The van der Waals surface area contributed by atoms with Gasteiger partial charge in [0.15, 0.2) is 0 Å². The number of hydrogen-bond donors (Lipinski definition) is 1. The largest absolute Gasteiger partial charge is 0.481 e. The minimum absolute atomic E-state index is 0.111. The Morgan fingerprint density at radius 3 is 2.14 bits per heavy atom. The van der Waals surface area contributed by atoms with E-state index in [0.717, 1.165) is 23.5 Å². The number of ketones is 1. The highest BCUT2D eigenvalue weighted by atomic mass is 16.4. The molecule has 0 aromatic heterocycles. The van der Waals surface area contributed by atoms with Crippen molar-refractivity contribution in [2.45, 2.75) is 58.8 Å². The van der Waals surface area contributed by atoms with Gasteiger partial charge in [-0.2, -0.15) is 0 Å². The lowest BCUT2D eigenvalue weighted by Gasteiger charge is -2.19. The second-order valence-corrected chi connectivity index (χ2v) is 5.97. The number of aryl methyl sites for hydroxylation is 1. The quantitative estimate of drug-likeness (QED) is 0.905. The molecule has 0 saturated heterocycles. The summed E-state index contributed by atoms with van der Waals surface area (Å²) in [4.78, 5) is 21.0. The molecule has 0 aliphatic heterocycles. The van der Waals surface area contributed by atoms with E-state index in [1.54, 1.807) is 6.92 Å². The highest BCUT2D eigenvalue weighted by Crippen LogP contribution is 2.26. The van der Waals surface area contributed by atoms with Gasteiger partial charge >= 0.3 is 5.97 Å². The SMILES string of the molecule is CC(=O)CC1CCCCC1.Cc1ccc(CC(=O)O)cc1. The van der Waals surface area contributed by atoms with E-state index in [1.165, 1.54) is 32.1 Å². The third kappa shape index (κ3) is 8.28. The molecule has 1 aliphatic carbocycles. The van der Waals surface area contributed by atoms with Crippen LogP contribution < -0.4 is 0 Å². The monoisotopic (exact) mass is 290 g/mol. The maximum Gasteiger partial charge on any atom is 0.307 e. The summed E-state index contributed by atoms with van der Waals surface area (Å²) in [6, 6.07) is 7.50. The molecule has 0 amide bonds. The van der Waals surface area contributed by atoms with Gasteiger partial charge in [-0.15, -0.1) is 0 Å². The molecule has 0 heterocycles. The Bertz CT molecular complexity index is 442. The van der Waals surface area contributed by atoms with Gasteiger partial charge in [-0.3, -0.25) is 4.79 Å². The Balaban J connectivity index is 0.000000211. The lowest BCUT2D eigenvalue weighted by Crippen LogP contribution is -2.09. The van der Waals surface area contributed by atoms with Crippen molar-refractivity contribution in [1.82, 2.24) is 0 Å². The number of carbonyl (C=O) groups excluding carboxylic acids is 1. The molecule has 0 bridgehead atoms. The molecule has 21 heavy (non-hydrogen) atoms. The Labute approximate surface area is 127 Å². The van der Waals surface area contributed by atoms with E-state index < -0.39 is 5.97 Å². The van der Waals surface area contributed by atoms with Crippen molar-refractivity contribution in [2.24, 2.45) is 5.92 Å². The number of Topliss-reactive ketones (excluding diaryl/α,β-unsaturated/α-hetero) is 1. The molecule has 0 atom stereocenters. The van der Waals surface area contributed by atoms with Crippen LogP contribution in [0.1, 0.15) is 56.6 Å². The zero-order valence-electron chi connectivity index (χ0n) is 13.1. The van der Waals surface area contributed by atoms with Gasteiger partial charge in [0, 0.05) is 6.42 Å². The van der Waals surface area contributed by atoms with Crippen molar-refractivity contribution in [2.75, 3.05) is 0 Å². The van der Waals surface area contributed by atoms with Crippen LogP contribution in [0.3, 0.4) is 0 Å². The number of carboxylic acid groups (broad SMARTS) is 1. The number of benzene rings is 1. The van der Waals surface area contributed by atoms with Crippen molar-refractivity contribution in [3.8, 4) is 0 Å². The normalized spacial score (nSPS) is 15.0. The molecule has 0 spiro atoms. The molecule has 3 heteroatoms. The molecule has 0 unspecified atom stereocenters. The standard InChI is InChI=1S/C9H10O2.C9H16O/c1-7-2-4-8(5-3-7)6-9(10)11;1-8(10)7-9-5-3-2-4-6-9/h2-5H,6H2,1H3,(H,10,11);9H,2-7H2,1H3. The molecule has 1 aromatic rings. The smallest absolute Gasteiger partial charge is 0.307 e. The second kappa shape index (κ2) is 9.32. The van der Waals surface area contributed by atoms with Crippen LogP contribution in [0.2, 0.25) is 0 Å². The fourth-order valence-electron chi connectivity index (χ4n) is 2.68. The molecule has 1 N–H and O–H groups in total. The first-order valence-corrected chi connectivity index (χ1v) is 7.74. The van der Waals surface area contributed by atoms with Crippen LogP contribution in [-0.4, -0.2) is 16.9 Å². The van der Waals surface area contributed by atoms with Crippen LogP contribution in [-0.2, 0) is 16.0 Å². The van der Waals surface area contributed by atoms with Crippen molar-refractivity contribution in [1.29, 1.82) is 0 Å². The van der Waals surface area contributed by atoms with Crippen LogP contribution in [0.4, 0.5) is 0 Å². The molecular formula is C18H26O3. The summed E-state index contributed by atoms with van der Waals surface area (Å²) < 4.78 is 0. The summed E-state index contributed by atoms with van der Waals surface area (Å²) >= 11 is 0. The van der Waals surface area contributed by atoms with Gasteiger partial charge in [-0.1, -0.05) is 61.9 Å². The third-order valence-electron chi connectivity index (χ3n) is 3.78. The molecule has 116 valence electrons. The van der Waals surface area contributed by atoms with Crippen molar-refractivity contribution >= 4 is 11.8 Å². The average molecular weight is 290 g/mol. The number of rotatable bonds is 4. The van der Waals surface area contributed by atoms with Gasteiger partial charge in [-0.25, -0.2) is 0 Å². The van der Waals surface area contributed by atoms with Crippen molar-refractivity contribution in [3.05, 3.63) is 35.4 Å². The number of carbonyl (C=O) groups is 2. The van der Waals surface area contributed by atoms with E-state index in [4.69, 9.17) is 5.11 Å². The zero-order chi connectivity index (χ0) is 15.7. The predicted molar refractivity (Wildman–Crippen MR) is 84.4 cm³/mol. The maximum atomic E-state index is 10.7. The first-order chi connectivity index (χ1) is 9.97. The molecule has 2 rings (SSSR count). The van der Waals surface area contributed by atoms with Crippen LogP contribution in [0.15, 0.2) is 24.3 Å². The summed E-state index contributed by atoms with van der Waals surface area (Å²) in [6.07, 6.45) is 7.60. The van der Waals surface area contributed by atoms with Gasteiger partial charge < -0.3 is 9.90 Å². The van der Waals surface area contributed by atoms with Crippen LogP contribution in [0.5, 0.6) is 0 Å². The predicted octanol–water partition coefficient (Wildman–Crippen LogP) is 4.17. The minimum Gasteiger partial charge on any atom is -0.481 e. The third-order valence-corrected chi connectivity index (χ3v) is 3.78. The molecular weight excluding hydrogens is 264 g/mol. The number of hydrogen-bond acceptors (Lipinski definition) is 2. The van der Waals surface area contributed by atoms with E-state index in [9.17, 15) is 9.59 Å². The van der Waals surface area contributed by atoms with Gasteiger partial charge in [-0.05, 0) is 25.3 Å². The zero-order valence-corrected chi connectivity index (χ0v) is 13.1. The van der Waals surface area contributed by atoms with Gasteiger partial charge in [0.1, 0.15) is 5.78 Å². The Kier molecular flexibility index (Phi) is 7.73. The number of carboxylic acids is 1. The van der Waals surface area contributed by atoms with E-state index in [1.807, 2.05) is 31.2 Å². The molecule has 1 saturated carbocycles. The summed E-state index contributed by atoms with van der Waals surface area (Å²) in [5.41, 5.74) is 2.00. The molecule has 1 aliphatic rings. The Hall–Kier alpha value is -1.64. The van der Waals surface area contributed by atoms with Crippen molar-refractivity contribution in [3.63, 3.8) is 0 Å². The number of aliphatic carboxylic acids is 1. The second-order valence-electron chi connectivity index (χ2n) is 5.97. The minimum atomic E-state index is -0.783. The summed E-state index contributed by atoms with van der Waals surface area (Å²) in [5, 5.41) is 8.44. The van der Waals surface area contributed by atoms with Gasteiger partial charge in [0.25, 0.3) is 0 Å². The van der Waals surface area contributed by atoms with E-state index in [2.05, 4.69) is 0 Å². The van der Waals surface area contributed by atoms with E-state index >= 15 is 0 Å². The summed E-state index contributed by atoms with van der Waals surface area (Å²) in [6.45, 7) is 3.68. The molecule has 1 fully saturated rings. The topological polar surface area (TPSA) is 54.4 Å². The van der Waals surface area contributed by atoms with Crippen molar-refractivity contribution < 1.29 is 14.7 Å². The molecule has 0 radical (unpaired) electrons. The van der Waals surface area contributed by atoms with Crippen LogP contribution in [0, 0.1) is 12.8 Å². The van der Waals surface area contributed by atoms with E-state index in [0.29, 0.717) is 5.78 Å². The lowest BCUT2D eigenvalue weighted by atomic mass is 9.86. The Morgan fingerprint density at radius 1 is 1.10 bits per heavy atom. The van der Waals surface area contributed by atoms with Crippen LogP contribution in [0.25, 0.3) is 0 Å². The van der Waals surface area contributed by atoms with Crippen LogP contribution >= 0.6 is 0 Å². The highest BCUT2D eigenvalue weighted by Gasteiger charge is 2.14. The maximum absolute atomic E-state index is 10.7. The Morgan fingerprint density at radius 2 is 1.67 bits per heavy atom. The van der Waals surface area contributed by atoms with Gasteiger partial charge in [0.05, 0.1) is 6.42 Å². The summed E-state index contributed by atoms with van der Waals surface area (Å²) in [5.74, 6) is 0.312. The average Bonchev–Trinajstić information content (AvgIpc) is 2.42. The summed E-state index contributed by atoms with van der Waals surface area (Å²) in [7, 11) is 0. The molecule has 3 nitrogen and oxygen atoms in total. The highest BCUT2D eigenvalue weighted by molar-refractivity contribution is 5.75. The van der Waals surface area contributed by atoms with E-state index in [-0.39, 0.29) is 6.42 Å². The fraction of sp³-hybridized carbons (Fsp3) is 0.556. The first-order valence-electron chi connectivity index (χ1n) is 7.74. The van der Waals surface area contributed by atoms with Gasteiger partial charge in [0.2, 0.25) is 0 Å². The first kappa shape index (κ1) is 17.4. The lowest BCUT2D eigenvalue weighted by molar-refractivity contribution is -0.136.